The van der Waals surface area contributed by atoms with Gasteiger partial charge in [0.1, 0.15) is 10.3 Å². The monoisotopic (exact) mass is 412 g/mol. The number of fused-ring (bicyclic) bond motifs is 1. The van der Waals surface area contributed by atoms with E-state index in [2.05, 4.69) is 41.8 Å². The molecular formula is C14H10Br2N2O3. The van der Waals surface area contributed by atoms with Gasteiger partial charge < -0.3 is 14.5 Å². The van der Waals surface area contributed by atoms with Crippen LogP contribution in [0.4, 0.5) is 0 Å². The van der Waals surface area contributed by atoms with Gasteiger partial charge >= 0.3 is 0 Å². The fourth-order valence-electron chi connectivity index (χ4n) is 2.34. The van der Waals surface area contributed by atoms with Crippen molar-refractivity contribution in [1.82, 2.24) is 9.97 Å². The first-order valence-electron chi connectivity index (χ1n) is 6.52. The van der Waals surface area contributed by atoms with E-state index in [9.17, 15) is 4.79 Å². The fourth-order valence-corrected chi connectivity index (χ4v) is 3.41. The van der Waals surface area contributed by atoms with Crippen LogP contribution < -0.4 is 15.0 Å². The van der Waals surface area contributed by atoms with Gasteiger partial charge in [0, 0.05) is 11.5 Å². The van der Waals surface area contributed by atoms with Gasteiger partial charge in [0.05, 0.1) is 10.2 Å². The van der Waals surface area contributed by atoms with Crippen molar-refractivity contribution in [3.8, 4) is 22.9 Å². The molecule has 0 amide bonds. The number of aromatic nitrogens is 2. The highest BCUT2D eigenvalue weighted by molar-refractivity contribution is 9.10. The molecule has 4 rings (SSSR count). The third kappa shape index (κ3) is 2.28. The summed E-state index contributed by atoms with van der Waals surface area (Å²) in [5, 5.41) is 0. The van der Waals surface area contributed by atoms with E-state index >= 15 is 0 Å². The first kappa shape index (κ1) is 13.3. The molecule has 2 aromatic rings. The van der Waals surface area contributed by atoms with Crippen molar-refractivity contribution in [2.75, 3.05) is 6.79 Å². The molecule has 1 aliphatic heterocycles. The first-order valence-corrected chi connectivity index (χ1v) is 8.11. The lowest BCUT2D eigenvalue weighted by molar-refractivity contribution is 0.173. The number of nitrogens with zero attached hydrogens (tertiary/aromatic N) is 1. The molecule has 0 unspecified atom stereocenters. The van der Waals surface area contributed by atoms with Gasteiger partial charge in [-0.25, -0.2) is 4.98 Å². The van der Waals surface area contributed by atoms with Gasteiger partial charge in [0.25, 0.3) is 5.56 Å². The molecule has 0 spiro atoms. The Hall–Kier alpha value is -1.34. The van der Waals surface area contributed by atoms with Crippen LogP contribution in [0.15, 0.2) is 25.9 Å². The maximum atomic E-state index is 12.1. The molecule has 0 radical (unpaired) electrons. The van der Waals surface area contributed by atoms with Crippen molar-refractivity contribution < 1.29 is 9.47 Å². The summed E-state index contributed by atoms with van der Waals surface area (Å²) >= 11 is 6.79. The largest absolute Gasteiger partial charge is 0.454 e. The van der Waals surface area contributed by atoms with Crippen molar-refractivity contribution in [1.29, 1.82) is 0 Å². The van der Waals surface area contributed by atoms with Gasteiger partial charge in [-0.15, -0.1) is 0 Å². The van der Waals surface area contributed by atoms with Crippen LogP contribution in [-0.2, 0) is 0 Å². The summed E-state index contributed by atoms with van der Waals surface area (Å²) in [5.41, 5.74) is 1.47. The molecule has 21 heavy (non-hydrogen) atoms. The lowest BCUT2D eigenvalue weighted by Crippen LogP contribution is -2.13. The number of aromatic amines is 1. The Bertz CT molecular complexity index is 800. The number of halogens is 2. The van der Waals surface area contributed by atoms with Crippen LogP contribution in [0.1, 0.15) is 24.5 Å². The first-order chi connectivity index (χ1) is 10.1. The molecule has 1 fully saturated rings. The quantitative estimate of drug-likeness (QED) is 0.817. The molecule has 0 atom stereocenters. The minimum absolute atomic E-state index is 0.157. The molecule has 7 heteroatoms. The predicted molar refractivity (Wildman–Crippen MR) is 83.8 cm³/mol. The second-order valence-electron chi connectivity index (χ2n) is 5.08. The van der Waals surface area contributed by atoms with Crippen molar-refractivity contribution in [3.05, 3.63) is 37.1 Å². The summed E-state index contributed by atoms with van der Waals surface area (Å²) in [4.78, 5) is 19.5. The van der Waals surface area contributed by atoms with Crippen LogP contribution in [-0.4, -0.2) is 16.8 Å². The summed E-state index contributed by atoms with van der Waals surface area (Å²) in [6, 6.07) is 3.70. The normalized spacial score (nSPS) is 16.3. The average molecular weight is 414 g/mol. The van der Waals surface area contributed by atoms with Crippen LogP contribution >= 0.6 is 31.9 Å². The number of hydrogen-bond donors (Lipinski definition) is 1. The topological polar surface area (TPSA) is 64.2 Å². The van der Waals surface area contributed by atoms with E-state index in [0.717, 1.165) is 28.6 Å². The van der Waals surface area contributed by atoms with Crippen molar-refractivity contribution in [2.24, 2.45) is 0 Å². The second kappa shape index (κ2) is 4.84. The number of H-pyrrole nitrogens is 1. The molecule has 1 N–H and O–H groups in total. The summed E-state index contributed by atoms with van der Waals surface area (Å²) in [6.45, 7) is 0.203. The van der Waals surface area contributed by atoms with Crippen molar-refractivity contribution in [3.63, 3.8) is 0 Å². The number of hydrogen-bond acceptors (Lipinski definition) is 4. The Labute approximate surface area is 136 Å². The Morgan fingerprint density at radius 3 is 2.81 bits per heavy atom. The van der Waals surface area contributed by atoms with Crippen LogP contribution in [0.3, 0.4) is 0 Å². The molecule has 1 saturated carbocycles. The molecule has 5 nitrogen and oxygen atoms in total. The minimum Gasteiger partial charge on any atom is -0.454 e. The van der Waals surface area contributed by atoms with Gasteiger partial charge in [-0.3, -0.25) is 4.79 Å². The van der Waals surface area contributed by atoms with Gasteiger partial charge in [-0.05, 0) is 56.8 Å². The summed E-state index contributed by atoms with van der Waals surface area (Å²) in [6.07, 6.45) is 2.17. The Morgan fingerprint density at radius 2 is 2.05 bits per heavy atom. The number of nitrogens with one attached hydrogen (secondary N) is 1. The SMILES string of the molecule is O=c1[nH]c(-c2cc(Br)c3c(c2)OCO3)nc(C2CC2)c1Br. The van der Waals surface area contributed by atoms with E-state index in [1.165, 1.54) is 0 Å². The molecule has 0 saturated heterocycles. The van der Waals surface area contributed by atoms with Crippen LogP contribution in [0.25, 0.3) is 11.4 Å². The van der Waals surface area contributed by atoms with Crippen molar-refractivity contribution in [2.45, 2.75) is 18.8 Å². The third-order valence-corrected chi connectivity index (χ3v) is 4.91. The van der Waals surface area contributed by atoms with Crippen LogP contribution in [0.5, 0.6) is 11.5 Å². The van der Waals surface area contributed by atoms with E-state index in [1.54, 1.807) is 0 Å². The second-order valence-corrected chi connectivity index (χ2v) is 6.73. The maximum absolute atomic E-state index is 12.1. The molecule has 108 valence electrons. The Kier molecular flexibility index (Phi) is 3.08. The molecular weight excluding hydrogens is 404 g/mol. The van der Waals surface area contributed by atoms with Crippen LogP contribution in [0, 0.1) is 0 Å². The van der Waals surface area contributed by atoms with E-state index < -0.39 is 0 Å². The molecule has 0 bridgehead atoms. The zero-order valence-corrected chi connectivity index (χ0v) is 14.0. The number of benzene rings is 1. The fraction of sp³-hybridized carbons (Fsp3) is 0.286. The van der Waals surface area contributed by atoms with E-state index in [0.29, 0.717) is 27.7 Å². The number of rotatable bonds is 2. The summed E-state index contributed by atoms with van der Waals surface area (Å²) in [5.74, 6) is 2.26. The Morgan fingerprint density at radius 1 is 1.24 bits per heavy atom. The van der Waals surface area contributed by atoms with Crippen molar-refractivity contribution >= 4 is 31.9 Å². The van der Waals surface area contributed by atoms with Gasteiger partial charge in [-0.1, -0.05) is 0 Å². The smallest absolute Gasteiger partial charge is 0.265 e. The van der Waals surface area contributed by atoms with E-state index in [1.807, 2.05) is 12.1 Å². The lowest BCUT2D eigenvalue weighted by Gasteiger charge is -2.08. The molecule has 2 aliphatic rings. The predicted octanol–water partition coefficient (Wildman–Crippen LogP) is 3.57. The highest BCUT2D eigenvalue weighted by Gasteiger charge is 2.29. The summed E-state index contributed by atoms with van der Waals surface area (Å²) < 4.78 is 12.1. The zero-order valence-electron chi connectivity index (χ0n) is 10.8. The third-order valence-electron chi connectivity index (χ3n) is 3.55. The highest BCUT2D eigenvalue weighted by atomic mass is 79.9. The lowest BCUT2D eigenvalue weighted by atomic mass is 10.1. The standard InChI is InChI=1S/C14H10Br2N2O3/c15-8-3-7(4-9-12(8)21-5-20-9)13-17-11(6-1-2-6)10(16)14(19)18-13/h3-4,6H,1-2,5H2,(H,17,18,19). The average Bonchev–Trinajstić information content (AvgIpc) is 3.19. The highest BCUT2D eigenvalue weighted by Crippen LogP contribution is 2.44. The zero-order chi connectivity index (χ0) is 14.6. The van der Waals surface area contributed by atoms with Gasteiger partial charge in [-0.2, -0.15) is 0 Å². The number of ether oxygens (including phenoxy) is 2. The summed E-state index contributed by atoms with van der Waals surface area (Å²) in [7, 11) is 0. The minimum atomic E-state index is -0.157. The van der Waals surface area contributed by atoms with Crippen LogP contribution in [0.2, 0.25) is 0 Å². The molecule has 1 aliphatic carbocycles. The molecule has 2 heterocycles. The van der Waals surface area contributed by atoms with Gasteiger partial charge in [0.15, 0.2) is 11.5 Å². The van der Waals surface area contributed by atoms with E-state index in [4.69, 9.17) is 9.47 Å². The van der Waals surface area contributed by atoms with E-state index in [-0.39, 0.29) is 12.4 Å². The molecule has 1 aromatic heterocycles. The Balaban J connectivity index is 1.87. The maximum Gasteiger partial charge on any atom is 0.265 e. The molecule has 1 aromatic carbocycles. The van der Waals surface area contributed by atoms with Gasteiger partial charge in [0.2, 0.25) is 6.79 Å².